The van der Waals surface area contributed by atoms with Gasteiger partial charge in [-0.25, -0.2) is 22.6 Å². The minimum absolute atomic E-state index is 0.0865. The Kier molecular flexibility index (Phi) is 5.88. The summed E-state index contributed by atoms with van der Waals surface area (Å²) in [6, 6.07) is 2.66. The van der Waals surface area contributed by atoms with Crippen molar-refractivity contribution in [2.24, 2.45) is 5.92 Å². The molecule has 8 nitrogen and oxygen atoms in total. The fraction of sp³-hybridized carbons (Fsp3) is 0.444. The SMILES string of the molecule is O=C(O)c1cnc(NS(=O)(=O)c2cc(Cl)c(NC[C@@H]3CCN4CCCC34)cc2F)s1. The van der Waals surface area contributed by atoms with Crippen LogP contribution in [-0.4, -0.2) is 55.1 Å². The molecule has 0 spiro atoms. The fourth-order valence-electron chi connectivity index (χ4n) is 4.13. The van der Waals surface area contributed by atoms with Gasteiger partial charge in [-0.15, -0.1) is 0 Å². The summed E-state index contributed by atoms with van der Waals surface area (Å²) >= 11 is 6.86. The molecule has 1 aromatic carbocycles. The van der Waals surface area contributed by atoms with Gasteiger partial charge in [-0.05, 0) is 50.4 Å². The molecule has 1 aromatic heterocycles. The Morgan fingerprint density at radius 1 is 1.37 bits per heavy atom. The highest BCUT2D eigenvalue weighted by Crippen LogP contribution is 2.34. The standard InChI is InChI=1S/C18H20ClFN4O4S2/c19-11-6-16(30(27,28)23-18-22-9-15(29-18)17(25)26)12(20)7-13(11)21-8-10-3-5-24-4-1-2-14(10)24/h6-7,9-10,14,21H,1-5,8H2,(H,22,23)(H,25,26)/t10-,14?/m0/s1. The second kappa shape index (κ2) is 8.29. The molecular formula is C18H20ClFN4O4S2. The summed E-state index contributed by atoms with van der Waals surface area (Å²) in [5, 5.41) is 12.0. The van der Waals surface area contributed by atoms with Crippen LogP contribution < -0.4 is 10.0 Å². The van der Waals surface area contributed by atoms with Crippen molar-refractivity contribution in [3.63, 3.8) is 0 Å². The summed E-state index contributed by atoms with van der Waals surface area (Å²) in [5.41, 5.74) is 0.340. The van der Waals surface area contributed by atoms with E-state index in [1.54, 1.807) is 0 Å². The lowest BCUT2D eigenvalue weighted by Gasteiger charge is -2.21. The smallest absolute Gasteiger partial charge is 0.347 e. The molecule has 30 heavy (non-hydrogen) atoms. The number of aromatic carboxylic acids is 1. The van der Waals surface area contributed by atoms with Crippen LogP contribution in [0.4, 0.5) is 15.2 Å². The van der Waals surface area contributed by atoms with E-state index in [2.05, 4.69) is 19.9 Å². The molecule has 2 aliphatic heterocycles. The summed E-state index contributed by atoms with van der Waals surface area (Å²) < 4.78 is 41.8. The second-order valence-corrected chi connectivity index (χ2v) is 10.5. The number of hydrogen-bond donors (Lipinski definition) is 3. The molecule has 0 aliphatic carbocycles. The number of nitrogens with one attached hydrogen (secondary N) is 2. The highest BCUT2D eigenvalue weighted by molar-refractivity contribution is 7.93. The molecule has 2 fully saturated rings. The molecule has 4 rings (SSSR count). The van der Waals surface area contributed by atoms with E-state index in [9.17, 15) is 17.6 Å². The van der Waals surface area contributed by atoms with Gasteiger partial charge in [-0.2, -0.15) is 0 Å². The lowest BCUT2D eigenvalue weighted by molar-refractivity contribution is 0.0702. The van der Waals surface area contributed by atoms with Crippen molar-refractivity contribution in [1.29, 1.82) is 0 Å². The van der Waals surface area contributed by atoms with Crippen LogP contribution in [0.3, 0.4) is 0 Å². The number of carboxylic acid groups (broad SMARTS) is 1. The van der Waals surface area contributed by atoms with Gasteiger partial charge in [0.2, 0.25) is 0 Å². The Balaban J connectivity index is 1.48. The number of carboxylic acids is 1. The van der Waals surface area contributed by atoms with Gasteiger partial charge in [0.1, 0.15) is 15.6 Å². The van der Waals surface area contributed by atoms with E-state index in [4.69, 9.17) is 16.7 Å². The van der Waals surface area contributed by atoms with E-state index >= 15 is 0 Å². The van der Waals surface area contributed by atoms with Gasteiger partial charge in [-0.1, -0.05) is 22.9 Å². The Hall–Kier alpha value is -1.95. The number of hydrogen-bond acceptors (Lipinski definition) is 7. The highest BCUT2D eigenvalue weighted by Gasteiger charge is 2.36. The normalized spacial score (nSPS) is 21.5. The van der Waals surface area contributed by atoms with Crippen molar-refractivity contribution < 1.29 is 22.7 Å². The lowest BCUT2D eigenvalue weighted by Crippen LogP contribution is -2.29. The van der Waals surface area contributed by atoms with Crippen LogP contribution in [0.2, 0.25) is 5.02 Å². The minimum Gasteiger partial charge on any atom is -0.477 e. The molecule has 162 valence electrons. The molecule has 0 radical (unpaired) electrons. The van der Waals surface area contributed by atoms with Gasteiger partial charge in [0.25, 0.3) is 10.0 Å². The van der Waals surface area contributed by atoms with E-state index in [0.717, 1.165) is 44.3 Å². The number of carbonyl (C=O) groups is 1. The zero-order valence-corrected chi connectivity index (χ0v) is 18.2. The maximum atomic E-state index is 14.6. The third kappa shape index (κ3) is 4.25. The van der Waals surface area contributed by atoms with Crippen molar-refractivity contribution in [1.82, 2.24) is 9.88 Å². The number of anilines is 2. The van der Waals surface area contributed by atoms with Crippen molar-refractivity contribution in [2.45, 2.75) is 30.2 Å². The quantitative estimate of drug-likeness (QED) is 0.564. The first kappa shape index (κ1) is 21.3. The van der Waals surface area contributed by atoms with Gasteiger partial charge >= 0.3 is 5.97 Å². The largest absolute Gasteiger partial charge is 0.477 e. The van der Waals surface area contributed by atoms with Crippen LogP contribution in [0, 0.1) is 11.7 Å². The molecule has 3 heterocycles. The van der Waals surface area contributed by atoms with Crippen LogP contribution in [0.5, 0.6) is 0 Å². The van der Waals surface area contributed by atoms with E-state index in [-0.39, 0.29) is 15.0 Å². The average molecular weight is 475 g/mol. The van der Waals surface area contributed by atoms with Crippen LogP contribution in [0.15, 0.2) is 23.2 Å². The van der Waals surface area contributed by atoms with Crippen molar-refractivity contribution >= 4 is 49.7 Å². The number of benzene rings is 1. The molecule has 2 saturated heterocycles. The van der Waals surface area contributed by atoms with Crippen LogP contribution in [0.25, 0.3) is 0 Å². The first-order valence-electron chi connectivity index (χ1n) is 9.43. The number of rotatable bonds is 7. The third-order valence-electron chi connectivity index (χ3n) is 5.55. The summed E-state index contributed by atoms with van der Waals surface area (Å²) in [6.45, 7) is 2.84. The second-order valence-electron chi connectivity index (χ2n) is 7.38. The molecule has 3 N–H and O–H groups in total. The van der Waals surface area contributed by atoms with Crippen LogP contribution >= 0.6 is 22.9 Å². The Bertz CT molecular complexity index is 1080. The molecule has 0 bridgehead atoms. The van der Waals surface area contributed by atoms with Gasteiger partial charge < -0.3 is 15.3 Å². The Morgan fingerprint density at radius 3 is 2.90 bits per heavy atom. The molecule has 2 atom stereocenters. The number of halogens is 2. The zero-order valence-electron chi connectivity index (χ0n) is 15.8. The molecular weight excluding hydrogens is 455 g/mol. The van der Waals surface area contributed by atoms with Crippen LogP contribution in [-0.2, 0) is 10.0 Å². The topological polar surface area (TPSA) is 112 Å². The summed E-state index contributed by atoms with van der Waals surface area (Å²) in [5.74, 6) is -1.74. The van der Waals surface area contributed by atoms with Gasteiger partial charge in [-0.3, -0.25) is 4.72 Å². The Morgan fingerprint density at radius 2 is 2.17 bits per heavy atom. The molecule has 0 saturated carbocycles. The summed E-state index contributed by atoms with van der Waals surface area (Å²) in [7, 11) is -4.33. The third-order valence-corrected chi connectivity index (χ3v) is 8.25. The maximum Gasteiger partial charge on any atom is 0.347 e. The first-order chi connectivity index (χ1) is 14.2. The van der Waals surface area contributed by atoms with Gasteiger partial charge in [0, 0.05) is 12.6 Å². The van der Waals surface area contributed by atoms with E-state index in [0.29, 0.717) is 35.5 Å². The number of nitrogens with zero attached hydrogens (tertiary/aromatic N) is 2. The summed E-state index contributed by atoms with van der Waals surface area (Å²) in [6.07, 6.45) is 4.46. The number of sulfonamides is 1. The molecule has 12 heteroatoms. The van der Waals surface area contributed by atoms with Crippen molar-refractivity contribution in [3.8, 4) is 0 Å². The Labute approximate surface area is 182 Å². The predicted molar refractivity (Wildman–Crippen MR) is 112 cm³/mol. The number of aromatic nitrogens is 1. The van der Waals surface area contributed by atoms with Crippen LogP contribution in [0.1, 0.15) is 28.9 Å². The number of thiazole rings is 1. The maximum absolute atomic E-state index is 14.6. The minimum atomic E-state index is -4.33. The number of fused-ring (bicyclic) bond motifs is 1. The average Bonchev–Trinajstić information content (AvgIpc) is 3.39. The predicted octanol–water partition coefficient (Wildman–Crippen LogP) is 3.33. The fourth-order valence-corrected chi connectivity index (χ4v) is 6.41. The van der Waals surface area contributed by atoms with Crippen molar-refractivity contribution in [3.05, 3.63) is 34.0 Å². The monoisotopic (exact) mass is 474 g/mol. The van der Waals surface area contributed by atoms with E-state index in [1.807, 2.05) is 0 Å². The van der Waals surface area contributed by atoms with E-state index in [1.165, 1.54) is 6.42 Å². The summed E-state index contributed by atoms with van der Waals surface area (Å²) in [4.78, 5) is 16.3. The first-order valence-corrected chi connectivity index (χ1v) is 12.1. The van der Waals surface area contributed by atoms with Gasteiger partial charge in [0.15, 0.2) is 5.13 Å². The molecule has 0 amide bonds. The zero-order chi connectivity index (χ0) is 21.5. The van der Waals surface area contributed by atoms with E-state index < -0.39 is 26.7 Å². The molecule has 2 aliphatic rings. The van der Waals surface area contributed by atoms with Gasteiger partial charge in [0.05, 0.1) is 16.9 Å². The van der Waals surface area contributed by atoms with Crippen molar-refractivity contribution in [2.75, 3.05) is 29.7 Å². The molecule has 2 aromatic rings. The highest BCUT2D eigenvalue weighted by atomic mass is 35.5. The molecule has 1 unspecified atom stereocenters. The lowest BCUT2D eigenvalue weighted by atomic mass is 9.98.